The molecule has 6 rings (SSSR count). The van der Waals surface area contributed by atoms with Gasteiger partial charge in [-0.15, -0.1) is 0 Å². The Balaban J connectivity index is 1.55. The molecule has 3 saturated heterocycles. The van der Waals surface area contributed by atoms with E-state index in [4.69, 9.17) is 18.8 Å². The Kier molecular flexibility index (Phi) is 5.31. The number of imide groups is 2. The van der Waals surface area contributed by atoms with Crippen molar-refractivity contribution in [2.45, 2.75) is 44.6 Å². The van der Waals surface area contributed by atoms with Crippen molar-refractivity contribution in [2.75, 3.05) is 30.1 Å². The predicted octanol–water partition coefficient (Wildman–Crippen LogP) is 0.815. The Hall–Kier alpha value is -4.27. The summed E-state index contributed by atoms with van der Waals surface area (Å²) < 4.78 is 32.7. The minimum atomic E-state index is -1.79. The number of fused-ring (bicyclic) bond motifs is 5. The first kappa shape index (κ1) is 24.1. The number of carbonyl (C=O) groups excluding carboxylic acids is 4. The lowest BCUT2D eigenvalue weighted by Crippen LogP contribution is -2.75. The molecular formula is C23H23FN6O8. The number of ether oxygens (including phenoxy) is 2. The molecule has 14 nitrogen and oxygen atoms in total. The van der Waals surface area contributed by atoms with Crippen LogP contribution in [0, 0.1) is 11.2 Å². The van der Waals surface area contributed by atoms with Gasteiger partial charge in [0.2, 0.25) is 17.4 Å². The van der Waals surface area contributed by atoms with Crippen LogP contribution in [0.4, 0.5) is 25.5 Å². The maximum Gasteiger partial charge on any atom is 0.416 e. The number of benzene rings is 1. The van der Waals surface area contributed by atoms with Gasteiger partial charge < -0.3 is 23.7 Å². The monoisotopic (exact) mass is 530 g/mol. The average Bonchev–Trinajstić information content (AvgIpc) is 3.43. The highest BCUT2D eigenvalue weighted by Crippen LogP contribution is 2.50. The Labute approximate surface area is 214 Å². The summed E-state index contributed by atoms with van der Waals surface area (Å²) in [7, 11) is 1.34. The quantitative estimate of drug-likeness (QED) is 0.330. The lowest BCUT2D eigenvalue weighted by Gasteiger charge is -2.55. The molecule has 0 bridgehead atoms. The van der Waals surface area contributed by atoms with E-state index in [2.05, 4.69) is 20.9 Å². The summed E-state index contributed by atoms with van der Waals surface area (Å²) in [5.41, 5.74) is -1.57. The third-order valence-corrected chi connectivity index (χ3v) is 7.42. The van der Waals surface area contributed by atoms with Crippen LogP contribution >= 0.6 is 0 Å². The number of morpholine rings is 1. The number of halogens is 1. The number of nitrogens with zero attached hydrogens (tertiary/aromatic N) is 4. The number of hydrogen-bond donors (Lipinski definition) is 2. The Morgan fingerprint density at radius 3 is 2.68 bits per heavy atom. The molecular weight excluding hydrogens is 507 g/mol. The molecule has 0 saturated carbocycles. The lowest BCUT2D eigenvalue weighted by molar-refractivity contribution is -0.153. The van der Waals surface area contributed by atoms with E-state index in [1.54, 1.807) is 18.7 Å². The second-order valence-electron chi connectivity index (χ2n) is 9.67. The van der Waals surface area contributed by atoms with Gasteiger partial charge in [0.15, 0.2) is 17.1 Å². The molecule has 1 aromatic heterocycles. The molecule has 5 amide bonds. The highest BCUT2D eigenvalue weighted by Gasteiger charge is 2.63. The minimum absolute atomic E-state index is 0.0237. The Bertz CT molecular complexity index is 1400. The number of hydrogen-bond acceptors (Lipinski definition) is 11. The molecule has 38 heavy (non-hydrogen) atoms. The van der Waals surface area contributed by atoms with E-state index >= 15 is 4.39 Å². The van der Waals surface area contributed by atoms with Crippen LogP contribution in [0.25, 0.3) is 11.0 Å². The van der Waals surface area contributed by atoms with Crippen LogP contribution in [0.1, 0.15) is 19.4 Å². The molecule has 4 aliphatic rings. The first-order chi connectivity index (χ1) is 18.2. The predicted molar refractivity (Wildman–Crippen MR) is 126 cm³/mol. The zero-order chi connectivity index (χ0) is 26.9. The third-order valence-electron chi connectivity index (χ3n) is 7.42. The molecule has 0 radical (unpaired) electrons. The fourth-order valence-corrected chi connectivity index (χ4v) is 6.03. The number of anilines is 2. The summed E-state index contributed by atoms with van der Waals surface area (Å²) in [6.45, 7) is 3.61. The van der Waals surface area contributed by atoms with Gasteiger partial charge in [0, 0.05) is 13.0 Å². The molecule has 0 aliphatic carbocycles. The normalized spacial score (nSPS) is 28.4. The summed E-state index contributed by atoms with van der Waals surface area (Å²) in [4.78, 5) is 58.6. The molecule has 1 unspecified atom stereocenters. The number of amides is 5. The van der Waals surface area contributed by atoms with Crippen molar-refractivity contribution < 1.29 is 42.4 Å². The zero-order valence-electron chi connectivity index (χ0n) is 20.5. The highest BCUT2D eigenvalue weighted by molar-refractivity contribution is 6.20. The van der Waals surface area contributed by atoms with Crippen molar-refractivity contribution >= 4 is 52.6 Å². The SMILES string of the molecule is CO/N=C/C1COC(=O)N1c1noc2c(F)c3c(cc12)CC1(C(=O)NC(=O)NC1=O)[C@H]1[C@H](C)O[C@H](C)CN31. The van der Waals surface area contributed by atoms with Gasteiger partial charge in [-0.2, -0.15) is 0 Å². The maximum atomic E-state index is 16.2. The topological polar surface area (TPSA) is 165 Å². The highest BCUT2D eigenvalue weighted by atomic mass is 19.1. The first-order valence-corrected chi connectivity index (χ1v) is 11.9. The number of nitrogens with one attached hydrogen (secondary N) is 2. The van der Waals surface area contributed by atoms with Crippen molar-refractivity contribution in [1.29, 1.82) is 0 Å². The van der Waals surface area contributed by atoms with Gasteiger partial charge in [0.25, 0.3) is 0 Å². The fraction of sp³-hybridized carbons (Fsp3) is 0.478. The van der Waals surface area contributed by atoms with Gasteiger partial charge in [-0.05, 0) is 25.5 Å². The van der Waals surface area contributed by atoms with Crippen molar-refractivity contribution in [3.05, 3.63) is 17.4 Å². The molecule has 15 heteroatoms. The minimum Gasteiger partial charge on any atom is -0.446 e. The van der Waals surface area contributed by atoms with Gasteiger partial charge >= 0.3 is 12.1 Å². The summed E-state index contributed by atoms with van der Waals surface area (Å²) in [6.07, 6.45) is -0.682. The average molecular weight is 530 g/mol. The number of rotatable bonds is 3. The third kappa shape index (κ3) is 3.20. The van der Waals surface area contributed by atoms with Crippen LogP contribution in [0.2, 0.25) is 0 Å². The Morgan fingerprint density at radius 1 is 1.24 bits per heavy atom. The summed E-state index contributed by atoms with van der Waals surface area (Å²) in [5.74, 6) is -2.40. The molecule has 5 heterocycles. The van der Waals surface area contributed by atoms with E-state index in [9.17, 15) is 19.2 Å². The van der Waals surface area contributed by atoms with Gasteiger partial charge in [-0.3, -0.25) is 20.2 Å². The summed E-state index contributed by atoms with van der Waals surface area (Å²) in [5, 5.41) is 12.2. The van der Waals surface area contributed by atoms with Crippen molar-refractivity contribution in [3.8, 4) is 0 Å². The van der Waals surface area contributed by atoms with E-state index in [1.165, 1.54) is 19.4 Å². The number of oxime groups is 1. The van der Waals surface area contributed by atoms with Crippen LogP contribution in [0.5, 0.6) is 0 Å². The smallest absolute Gasteiger partial charge is 0.416 e. The summed E-state index contributed by atoms with van der Waals surface area (Å²) >= 11 is 0. The number of barbiturate groups is 1. The first-order valence-electron chi connectivity index (χ1n) is 11.9. The number of carbonyl (C=O) groups is 4. The van der Waals surface area contributed by atoms with Gasteiger partial charge in [0.05, 0.1) is 35.5 Å². The molecule has 200 valence electrons. The van der Waals surface area contributed by atoms with Crippen LogP contribution in [-0.2, 0) is 30.3 Å². The van der Waals surface area contributed by atoms with Gasteiger partial charge in [-0.25, -0.2) is 18.9 Å². The zero-order valence-corrected chi connectivity index (χ0v) is 20.5. The standard InChI is InChI=1S/C23H23FN6O8/c1-9-7-29-15-11(5-23(17(29)10(2)37-9)19(31)26-21(33)27-20(23)32)4-13-16(14(15)24)38-28-18(13)30-12(6-25-35-3)8-36-22(30)34/h4,6,9-10,12,17H,5,7-8H2,1-3H3,(H2,26,27,31,32,33)/b25-6+/t9-,10+,12?,17-/m1/s1. The molecule has 2 aromatic rings. The van der Waals surface area contributed by atoms with Crippen molar-refractivity contribution in [2.24, 2.45) is 10.6 Å². The molecule has 4 aliphatic heterocycles. The van der Waals surface area contributed by atoms with Crippen molar-refractivity contribution in [1.82, 2.24) is 15.8 Å². The molecule has 3 fully saturated rings. The number of urea groups is 1. The van der Waals surface area contributed by atoms with E-state index in [0.717, 1.165) is 4.90 Å². The van der Waals surface area contributed by atoms with Crippen molar-refractivity contribution in [3.63, 3.8) is 0 Å². The lowest BCUT2D eigenvalue weighted by atomic mass is 9.66. The number of cyclic esters (lactones) is 1. The molecule has 1 aromatic carbocycles. The van der Waals surface area contributed by atoms with Crippen LogP contribution in [-0.4, -0.2) is 79.9 Å². The van der Waals surface area contributed by atoms with E-state index < -0.39 is 53.4 Å². The van der Waals surface area contributed by atoms with E-state index in [0.29, 0.717) is 5.56 Å². The fourth-order valence-electron chi connectivity index (χ4n) is 6.03. The van der Waals surface area contributed by atoms with Crippen LogP contribution < -0.4 is 20.4 Å². The second kappa shape index (κ2) is 8.37. The Morgan fingerprint density at radius 2 is 1.97 bits per heavy atom. The molecule has 4 atom stereocenters. The second-order valence-corrected chi connectivity index (χ2v) is 9.67. The van der Waals surface area contributed by atoms with E-state index in [1.807, 2.05) is 0 Å². The van der Waals surface area contributed by atoms with E-state index in [-0.39, 0.29) is 48.2 Å². The molecule has 2 N–H and O–H groups in total. The largest absolute Gasteiger partial charge is 0.446 e. The summed E-state index contributed by atoms with van der Waals surface area (Å²) in [6, 6.07) is -1.01. The van der Waals surface area contributed by atoms with Crippen LogP contribution in [0.3, 0.4) is 0 Å². The van der Waals surface area contributed by atoms with Gasteiger partial charge in [-0.1, -0.05) is 10.3 Å². The maximum absolute atomic E-state index is 16.2. The van der Waals surface area contributed by atoms with Gasteiger partial charge in [0.1, 0.15) is 19.8 Å². The molecule has 1 spiro atoms. The number of aromatic nitrogens is 1. The van der Waals surface area contributed by atoms with Crippen LogP contribution in [0.15, 0.2) is 15.7 Å².